The van der Waals surface area contributed by atoms with Crippen molar-refractivity contribution in [2.24, 2.45) is 0 Å². The van der Waals surface area contributed by atoms with Crippen LogP contribution in [0.25, 0.3) is 0 Å². The summed E-state index contributed by atoms with van der Waals surface area (Å²) in [5.74, 6) is 0.822. The van der Waals surface area contributed by atoms with E-state index < -0.39 is 0 Å². The van der Waals surface area contributed by atoms with Crippen molar-refractivity contribution in [2.45, 2.75) is 13.0 Å². The zero-order valence-electron chi connectivity index (χ0n) is 6.67. The van der Waals surface area contributed by atoms with Crippen LogP contribution in [0.5, 0.6) is 5.75 Å². The quantitative estimate of drug-likeness (QED) is 0.739. The van der Waals surface area contributed by atoms with Gasteiger partial charge >= 0.3 is 0 Å². The first-order valence-corrected chi connectivity index (χ1v) is 4.60. The van der Waals surface area contributed by atoms with Gasteiger partial charge < -0.3 is 10.1 Å². The van der Waals surface area contributed by atoms with Crippen LogP contribution < -0.4 is 10.1 Å². The van der Waals surface area contributed by atoms with E-state index in [9.17, 15) is 0 Å². The summed E-state index contributed by atoms with van der Waals surface area (Å²) in [6.07, 6.45) is 3.70. The number of aromatic nitrogens is 1. The molecule has 3 nitrogen and oxygen atoms in total. The molecular weight excluding hydrogens is 220 g/mol. The predicted octanol–water partition coefficient (Wildman–Crippen LogP) is 2.04. The Balaban J connectivity index is 2.42. The Morgan fingerprint density at radius 1 is 1.67 bits per heavy atom. The van der Waals surface area contributed by atoms with Gasteiger partial charge in [-0.15, -0.1) is 0 Å². The van der Waals surface area contributed by atoms with Gasteiger partial charge in [-0.25, -0.2) is 0 Å². The topological polar surface area (TPSA) is 34.2 Å². The van der Waals surface area contributed by atoms with E-state index in [1.807, 2.05) is 6.92 Å². The number of anilines is 1. The molecule has 2 heterocycles. The minimum absolute atomic E-state index is 0.216. The van der Waals surface area contributed by atoms with Crippen molar-refractivity contribution in [2.75, 3.05) is 11.9 Å². The Hall–Kier alpha value is -0.770. The van der Waals surface area contributed by atoms with E-state index in [1.165, 1.54) is 0 Å². The summed E-state index contributed by atoms with van der Waals surface area (Å²) in [6, 6.07) is 0. The molecule has 1 atom stereocenters. The lowest BCUT2D eigenvalue weighted by molar-refractivity contribution is 0.225. The lowest BCUT2D eigenvalue weighted by Gasteiger charge is -2.24. The standard InChI is InChI=1S/C8H9BrN2O/c1-5-2-11-8-6(9)3-10-4-7(8)12-5/h3-5,11H,2H2,1H3. The molecule has 1 aliphatic heterocycles. The molecule has 0 amide bonds. The number of ether oxygens (including phenoxy) is 1. The molecule has 0 radical (unpaired) electrons. The normalized spacial score (nSPS) is 20.7. The van der Waals surface area contributed by atoms with Crippen LogP contribution in [-0.2, 0) is 0 Å². The number of fused-ring (bicyclic) bond motifs is 1. The third-order valence-electron chi connectivity index (χ3n) is 1.76. The molecule has 12 heavy (non-hydrogen) atoms. The number of nitrogens with one attached hydrogen (secondary N) is 1. The largest absolute Gasteiger partial charge is 0.485 e. The molecule has 1 aliphatic rings. The molecule has 1 unspecified atom stereocenters. The van der Waals surface area contributed by atoms with Gasteiger partial charge in [0.1, 0.15) is 6.10 Å². The van der Waals surface area contributed by atoms with Gasteiger partial charge in [-0.2, -0.15) is 0 Å². The molecule has 0 aromatic carbocycles. The second-order valence-corrected chi connectivity index (χ2v) is 3.66. The highest BCUT2D eigenvalue weighted by molar-refractivity contribution is 9.10. The minimum Gasteiger partial charge on any atom is -0.485 e. The second-order valence-electron chi connectivity index (χ2n) is 2.80. The SMILES string of the molecule is CC1CNc2c(Br)cncc2O1. The first kappa shape index (κ1) is 7.86. The first-order chi connectivity index (χ1) is 5.77. The second kappa shape index (κ2) is 2.94. The van der Waals surface area contributed by atoms with E-state index >= 15 is 0 Å². The third kappa shape index (κ3) is 1.27. The van der Waals surface area contributed by atoms with Crippen LogP contribution >= 0.6 is 15.9 Å². The van der Waals surface area contributed by atoms with Crippen molar-refractivity contribution in [3.63, 3.8) is 0 Å². The summed E-state index contributed by atoms with van der Waals surface area (Å²) in [5, 5.41) is 3.27. The van der Waals surface area contributed by atoms with Gasteiger partial charge in [0.15, 0.2) is 5.75 Å². The van der Waals surface area contributed by atoms with Crippen molar-refractivity contribution in [3.8, 4) is 5.75 Å². The monoisotopic (exact) mass is 228 g/mol. The molecule has 1 aromatic heterocycles. The minimum atomic E-state index is 0.216. The lowest BCUT2D eigenvalue weighted by atomic mass is 10.3. The maximum atomic E-state index is 5.56. The van der Waals surface area contributed by atoms with E-state index in [4.69, 9.17) is 4.74 Å². The summed E-state index contributed by atoms with van der Waals surface area (Å²) in [6.45, 7) is 2.87. The van der Waals surface area contributed by atoms with Gasteiger partial charge in [0.05, 0.1) is 22.9 Å². The van der Waals surface area contributed by atoms with Crippen LogP contribution in [0.3, 0.4) is 0 Å². The van der Waals surface area contributed by atoms with Crippen LogP contribution in [0.15, 0.2) is 16.9 Å². The van der Waals surface area contributed by atoms with Crippen LogP contribution in [0.4, 0.5) is 5.69 Å². The highest BCUT2D eigenvalue weighted by Gasteiger charge is 2.17. The van der Waals surface area contributed by atoms with Gasteiger partial charge in [0.2, 0.25) is 0 Å². The highest BCUT2D eigenvalue weighted by atomic mass is 79.9. The Morgan fingerprint density at radius 3 is 3.33 bits per heavy atom. The highest BCUT2D eigenvalue weighted by Crippen LogP contribution is 2.34. The number of halogens is 1. The average Bonchev–Trinajstić information content (AvgIpc) is 2.04. The third-order valence-corrected chi connectivity index (χ3v) is 2.36. The van der Waals surface area contributed by atoms with E-state index in [0.29, 0.717) is 0 Å². The van der Waals surface area contributed by atoms with Crippen molar-refractivity contribution in [1.29, 1.82) is 0 Å². The summed E-state index contributed by atoms with van der Waals surface area (Å²) < 4.78 is 6.51. The molecule has 0 saturated carbocycles. The number of nitrogens with zero attached hydrogens (tertiary/aromatic N) is 1. The summed E-state index contributed by atoms with van der Waals surface area (Å²) >= 11 is 3.40. The van der Waals surface area contributed by atoms with Crippen LogP contribution in [0, 0.1) is 0 Å². The van der Waals surface area contributed by atoms with Crippen LogP contribution in [0.1, 0.15) is 6.92 Å². The van der Waals surface area contributed by atoms with Crippen LogP contribution in [-0.4, -0.2) is 17.6 Å². The average molecular weight is 229 g/mol. The zero-order chi connectivity index (χ0) is 8.55. The maximum absolute atomic E-state index is 5.56. The van der Waals surface area contributed by atoms with Crippen molar-refractivity contribution in [1.82, 2.24) is 4.98 Å². The molecule has 4 heteroatoms. The van der Waals surface area contributed by atoms with Crippen molar-refractivity contribution in [3.05, 3.63) is 16.9 Å². The lowest BCUT2D eigenvalue weighted by Crippen LogP contribution is -2.27. The Morgan fingerprint density at radius 2 is 2.50 bits per heavy atom. The summed E-state index contributed by atoms with van der Waals surface area (Å²) in [7, 11) is 0. The molecule has 0 saturated heterocycles. The molecule has 64 valence electrons. The number of hydrogen-bond donors (Lipinski definition) is 1. The van der Waals surface area contributed by atoms with Crippen molar-refractivity contribution >= 4 is 21.6 Å². The van der Waals surface area contributed by atoms with Gasteiger partial charge in [-0.05, 0) is 22.9 Å². The fourth-order valence-corrected chi connectivity index (χ4v) is 1.64. The first-order valence-electron chi connectivity index (χ1n) is 3.81. The molecular formula is C8H9BrN2O. The zero-order valence-corrected chi connectivity index (χ0v) is 8.26. The Labute approximate surface area is 79.3 Å². The molecule has 0 aliphatic carbocycles. The van der Waals surface area contributed by atoms with E-state index in [-0.39, 0.29) is 6.10 Å². The molecule has 1 aromatic rings. The molecule has 2 rings (SSSR count). The fourth-order valence-electron chi connectivity index (χ4n) is 1.18. The Bertz CT molecular complexity index is 303. The van der Waals surface area contributed by atoms with Crippen LogP contribution in [0.2, 0.25) is 0 Å². The summed E-state index contributed by atoms with van der Waals surface area (Å²) in [5.41, 5.74) is 1.00. The molecule has 0 fully saturated rings. The molecule has 0 spiro atoms. The maximum Gasteiger partial charge on any atom is 0.162 e. The van der Waals surface area contributed by atoms with Gasteiger partial charge in [0, 0.05) is 6.20 Å². The van der Waals surface area contributed by atoms with E-state index in [2.05, 4.69) is 26.2 Å². The number of pyridine rings is 1. The Kier molecular flexibility index (Phi) is 1.92. The molecule has 1 N–H and O–H groups in total. The van der Waals surface area contributed by atoms with E-state index in [0.717, 1.165) is 22.5 Å². The fraction of sp³-hybridized carbons (Fsp3) is 0.375. The number of hydrogen-bond acceptors (Lipinski definition) is 3. The number of rotatable bonds is 0. The van der Waals surface area contributed by atoms with Gasteiger partial charge in [-0.1, -0.05) is 0 Å². The predicted molar refractivity (Wildman–Crippen MR) is 50.5 cm³/mol. The smallest absolute Gasteiger partial charge is 0.162 e. The van der Waals surface area contributed by atoms with Crippen molar-refractivity contribution < 1.29 is 4.74 Å². The van der Waals surface area contributed by atoms with Gasteiger partial charge in [-0.3, -0.25) is 4.98 Å². The summed E-state index contributed by atoms with van der Waals surface area (Å²) in [4.78, 5) is 4.02. The van der Waals surface area contributed by atoms with E-state index in [1.54, 1.807) is 12.4 Å². The molecule has 0 bridgehead atoms. The van der Waals surface area contributed by atoms with Gasteiger partial charge in [0.25, 0.3) is 0 Å².